The average molecular weight is 703 g/mol. The summed E-state index contributed by atoms with van der Waals surface area (Å²) in [5.41, 5.74) is 3.89. The van der Waals surface area contributed by atoms with Gasteiger partial charge in [0.2, 0.25) is 0 Å². The summed E-state index contributed by atoms with van der Waals surface area (Å²) in [6, 6.07) is 0. The molecule has 1 saturated heterocycles. The molecule has 0 spiro atoms. The standard InChI is InChI=1S/C23H36O3.C23H34O2/c1-8-20(9-2)18(4)13-14-19(5)23(6,7)21(10-3)12-11-15-26-17-22(25)16-24;1-7-19(8-2)13-11-14-20(9-3)23(5,6)16-12-15-21(10-4)24-17-22-18-25-22/h10-15,20,22,24-25H,3-5,8-9,16-17H2,1-2,6-7H3;9-16,19,22H,3-4,7-8,17-18H2,1-2,5-6H3/b14-13-,15-11+,21-12+;13-11+,16-12+,20-14+,21-15+. The zero-order valence-electron chi connectivity index (χ0n) is 33.2. The molecule has 0 saturated carbocycles. The maximum absolute atomic E-state index is 9.23. The molecule has 0 aliphatic carbocycles. The van der Waals surface area contributed by atoms with Gasteiger partial charge in [0, 0.05) is 10.8 Å². The Hall–Kier alpha value is -3.64. The van der Waals surface area contributed by atoms with Crippen molar-refractivity contribution in [1.29, 1.82) is 0 Å². The lowest BCUT2D eigenvalue weighted by Crippen LogP contribution is -2.17. The molecule has 2 N–H and O–H groups in total. The van der Waals surface area contributed by atoms with Crippen molar-refractivity contribution in [2.24, 2.45) is 22.7 Å². The molecule has 1 aliphatic rings. The third-order valence-electron chi connectivity index (χ3n) is 9.19. The van der Waals surface area contributed by atoms with Crippen LogP contribution in [-0.2, 0) is 14.2 Å². The summed E-state index contributed by atoms with van der Waals surface area (Å²) >= 11 is 0. The quantitative estimate of drug-likeness (QED) is 0.0563. The monoisotopic (exact) mass is 703 g/mol. The van der Waals surface area contributed by atoms with Crippen LogP contribution in [0.1, 0.15) is 81.1 Å². The zero-order valence-corrected chi connectivity index (χ0v) is 33.2. The number of epoxide rings is 1. The lowest BCUT2D eigenvalue weighted by Gasteiger charge is -2.27. The van der Waals surface area contributed by atoms with Crippen molar-refractivity contribution < 1.29 is 24.4 Å². The van der Waals surface area contributed by atoms with Gasteiger partial charge in [0.1, 0.15) is 31.2 Å². The van der Waals surface area contributed by atoms with Gasteiger partial charge in [0.15, 0.2) is 0 Å². The first-order chi connectivity index (χ1) is 24.2. The highest BCUT2D eigenvalue weighted by Crippen LogP contribution is 2.36. The summed E-state index contributed by atoms with van der Waals surface area (Å²) < 4.78 is 16.0. The largest absolute Gasteiger partial charge is 0.498 e. The molecule has 0 amide bonds. The van der Waals surface area contributed by atoms with Gasteiger partial charge < -0.3 is 24.4 Å². The number of ether oxygens (including phenoxy) is 3. The van der Waals surface area contributed by atoms with Crippen LogP contribution in [0.5, 0.6) is 0 Å². The molecule has 0 bridgehead atoms. The van der Waals surface area contributed by atoms with E-state index in [0.717, 1.165) is 41.9 Å². The van der Waals surface area contributed by atoms with Gasteiger partial charge in [-0.15, -0.1) is 0 Å². The Kier molecular flexibility index (Phi) is 24.3. The van der Waals surface area contributed by atoms with E-state index in [2.05, 4.69) is 119 Å². The molecule has 0 radical (unpaired) electrons. The van der Waals surface area contributed by atoms with Crippen molar-refractivity contribution in [3.63, 3.8) is 0 Å². The number of hydrogen-bond donors (Lipinski definition) is 2. The van der Waals surface area contributed by atoms with Gasteiger partial charge in [0.05, 0.1) is 19.5 Å². The second-order valence-corrected chi connectivity index (χ2v) is 13.8. The zero-order chi connectivity index (χ0) is 38.9. The molecule has 284 valence electrons. The molecule has 1 heterocycles. The Morgan fingerprint density at radius 3 is 1.96 bits per heavy atom. The van der Waals surface area contributed by atoms with Crippen LogP contribution < -0.4 is 0 Å². The van der Waals surface area contributed by atoms with Crippen LogP contribution in [0, 0.1) is 22.7 Å². The van der Waals surface area contributed by atoms with Crippen LogP contribution >= 0.6 is 0 Å². The second kappa shape index (κ2) is 26.2. The van der Waals surface area contributed by atoms with Crippen LogP contribution in [0.2, 0.25) is 0 Å². The number of aliphatic hydroxyl groups is 2. The van der Waals surface area contributed by atoms with Gasteiger partial charge in [-0.2, -0.15) is 0 Å². The van der Waals surface area contributed by atoms with E-state index in [0.29, 0.717) is 18.4 Å². The van der Waals surface area contributed by atoms with E-state index in [4.69, 9.17) is 19.3 Å². The summed E-state index contributed by atoms with van der Waals surface area (Å²) in [5.74, 6) is 1.91. The highest BCUT2D eigenvalue weighted by atomic mass is 16.6. The van der Waals surface area contributed by atoms with E-state index in [1.807, 2.05) is 36.5 Å². The summed E-state index contributed by atoms with van der Waals surface area (Å²) in [6.45, 7) is 38.6. The Morgan fingerprint density at radius 2 is 1.45 bits per heavy atom. The molecule has 0 aromatic carbocycles. The summed E-state index contributed by atoms with van der Waals surface area (Å²) in [4.78, 5) is 0. The predicted octanol–water partition coefficient (Wildman–Crippen LogP) is 11.3. The lowest BCUT2D eigenvalue weighted by atomic mass is 9.77. The van der Waals surface area contributed by atoms with Crippen molar-refractivity contribution in [3.8, 4) is 0 Å². The molecule has 5 heteroatoms. The van der Waals surface area contributed by atoms with E-state index in [-0.39, 0.29) is 30.1 Å². The first-order valence-electron chi connectivity index (χ1n) is 18.4. The topological polar surface area (TPSA) is 71.5 Å². The van der Waals surface area contributed by atoms with Crippen LogP contribution in [-0.4, -0.2) is 48.8 Å². The fourth-order valence-electron chi connectivity index (χ4n) is 4.93. The molecular weight excluding hydrogens is 633 g/mol. The Bertz CT molecular complexity index is 1280. The van der Waals surface area contributed by atoms with Gasteiger partial charge in [-0.25, -0.2) is 0 Å². The third kappa shape index (κ3) is 19.5. The first kappa shape index (κ1) is 47.4. The molecule has 2 unspecified atom stereocenters. The van der Waals surface area contributed by atoms with Crippen molar-refractivity contribution in [1.82, 2.24) is 0 Å². The van der Waals surface area contributed by atoms with Crippen molar-refractivity contribution in [3.05, 3.63) is 146 Å². The summed E-state index contributed by atoms with van der Waals surface area (Å²) in [5, 5.41) is 18.0. The molecule has 51 heavy (non-hydrogen) atoms. The minimum absolute atomic E-state index is 0.0568. The van der Waals surface area contributed by atoms with Crippen LogP contribution in [0.4, 0.5) is 0 Å². The van der Waals surface area contributed by atoms with Crippen molar-refractivity contribution in [2.45, 2.75) is 93.3 Å². The van der Waals surface area contributed by atoms with Gasteiger partial charge >= 0.3 is 0 Å². The second-order valence-electron chi connectivity index (χ2n) is 13.8. The van der Waals surface area contributed by atoms with Crippen molar-refractivity contribution >= 4 is 0 Å². The Balaban J connectivity index is 0.000000981. The molecule has 1 aliphatic heterocycles. The van der Waals surface area contributed by atoms with Gasteiger partial charge in [-0.1, -0.05) is 155 Å². The molecule has 0 aromatic heterocycles. The van der Waals surface area contributed by atoms with Gasteiger partial charge in [-0.05, 0) is 72.5 Å². The molecule has 2 atom stereocenters. The summed E-state index contributed by atoms with van der Waals surface area (Å²) in [7, 11) is 0. The molecule has 5 nitrogen and oxygen atoms in total. The average Bonchev–Trinajstić information content (AvgIpc) is 3.95. The highest BCUT2D eigenvalue weighted by Gasteiger charge is 2.24. The predicted molar refractivity (Wildman–Crippen MR) is 220 cm³/mol. The van der Waals surface area contributed by atoms with Gasteiger partial charge in [0.25, 0.3) is 0 Å². The first-order valence-corrected chi connectivity index (χ1v) is 18.4. The minimum atomic E-state index is -0.868. The Morgan fingerprint density at radius 1 is 0.843 bits per heavy atom. The minimum Gasteiger partial charge on any atom is -0.498 e. The van der Waals surface area contributed by atoms with Crippen molar-refractivity contribution in [2.75, 3.05) is 26.4 Å². The number of hydrogen-bond acceptors (Lipinski definition) is 5. The maximum Gasteiger partial charge on any atom is 0.118 e. The fraction of sp³-hybridized carbons (Fsp3) is 0.478. The van der Waals surface area contributed by atoms with Crippen LogP contribution in [0.3, 0.4) is 0 Å². The van der Waals surface area contributed by atoms with E-state index in [1.165, 1.54) is 24.7 Å². The number of allylic oxidation sites excluding steroid dienone is 17. The van der Waals surface area contributed by atoms with E-state index in [9.17, 15) is 5.11 Å². The van der Waals surface area contributed by atoms with E-state index < -0.39 is 6.10 Å². The third-order valence-corrected chi connectivity index (χ3v) is 9.19. The molecule has 1 rings (SSSR count). The smallest absolute Gasteiger partial charge is 0.118 e. The van der Waals surface area contributed by atoms with E-state index >= 15 is 0 Å². The highest BCUT2D eigenvalue weighted by molar-refractivity contribution is 5.41. The van der Waals surface area contributed by atoms with Gasteiger partial charge in [-0.3, -0.25) is 0 Å². The molecular formula is C46H70O5. The molecule has 0 aromatic rings. The SMILES string of the molecule is C=C/C(=C\C=C\C(C)(C)/C(C=C)=C/C=C/C(CC)CC)OCC1CO1.C=C/C(=C\C=C\OCC(O)CO)C(C)(C)C(=C)/C=C\C(=C)C(CC)CC. The van der Waals surface area contributed by atoms with E-state index in [1.54, 1.807) is 12.2 Å². The Labute approximate surface area is 312 Å². The van der Waals surface area contributed by atoms with Crippen LogP contribution in [0.25, 0.3) is 0 Å². The maximum atomic E-state index is 9.23. The molecule has 1 fully saturated rings. The summed E-state index contributed by atoms with van der Waals surface area (Å²) in [6.07, 6.45) is 31.4. The fourth-order valence-corrected chi connectivity index (χ4v) is 4.93. The number of rotatable bonds is 25. The lowest BCUT2D eigenvalue weighted by molar-refractivity contribution is 0.0384. The normalized spacial score (nSPS) is 16.5. The van der Waals surface area contributed by atoms with Crippen LogP contribution in [0.15, 0.2) is 146 Å². The number of aliphatic hydroxyl groups excluding tert-OH is 2.